The molecule has 0 N–H and O–H groups in total. The van der Waals surface area contributed by atoms with Gasteiger partial charge in [-0.05, 0) is 22.3 Å². The van der Waals surface area contributed by atoms with Crippen LogP contribution in [0.5, 0.6) is 0 Å². The minimum Gasteiger partial charge on any atom is -0.374 e. The second-order valence-corrected chi connectivity index (χ2v) is 10.3. The molecule has 224 valence electrons. The van der Waals surface area contributed by atoms with Crippen molar-refractivity contribution in [2.24, 2.45) is 0 Å². The highest BCUT2D eigenvalue weighted by atomic mass is 16.7. The van der Waals surface area contributed by atoms with Gasteiger partial charge in [-0.25, -0.2) is 0 Å². The lowest BCUT2D eigenvalue weighted by atomic mass is 9.97. The molecule has 7 nitrogen and oxygen atoms in total. The first-order valence-electron chi connectivity index (χ1n) is 14.6. The number of benzene rings is 4. The van der Waals surface area contributed by atoms with Gasteiger partial charge >= 0.3 is 0 Å². The SMILES string of the molecule is O=CCO[C@@H]1O[C@H](COCc2ccccc2)[C@H](OCc2ccccc2)[C@H](OCc2ccccc2)[C@H]1OCc1ccccc1. The zero-order chi connectivity index (χ0) is 29.5. The second kappa shape index (κ2) is 16.8. The average Bonchev–Trinajstić information content (AvgIpc) is 3.07. The highest BCUT2D eigenvalue weighted by Gasteiger charge is 2.49. The molecule has 0 amide bonds. The predicted octanol–water partition coefficient (Wildman–Crippen LogP) is 5.90. The smallest absolute Gasteiger partial charge is 0.187 e. The van der Waals surface area contributed by atoms with E-state index in [1.54, 1.807) is 0 Å². The Morgan fingerprint density at radius 3 is 1.40 bits per heavy atom. The van der Waals surface area contributed by atoms with Crippen LogP contribution in [-0.4, -0.2) is 50.2 Å². The third kappa shape index (κ3) is 9.40. The highest BCUT2D eigenvalue weighted by Crippen LogP contribution is 2.31. The maximum Gasteiger partial charge on any atom is 0.187 e. The molecule has 4 aromatic rings. The van der Waals surface area contributed by atoms with Crippen LogP contribution in [0.2, 0.25) is 0 Å². The number of carbonyl (C=O) groups excluding carboxylic acids is 1. The number of hydrogen-bond acceptors (Lipinski definition) is 7. The van der Waals surface area contributed by atoms with Crippen LogP contribution in [0.4, 0.5) is 0 Å². The van der Waals surface area contributed by atoms with Crippen LogP contribution >= 0.6 is 0 Å². The van der Waals surface area contributed by atoms with E-state index in [-0.39, 0.29) is 13.2 Å². The van der Waals surface area contributed by atoms with Crippen molar-refractivity contribution in [2.45, 2.75) is 57.1 Å². The molecule has 1 heterocycles. The summed E-state index contributed by atoms with van der Waals surface area (Å²) in [7, 11) is 0. The van der Waals surface area contributed by atoms with Crippen LogP contribution in [0.25, 0.3) is 0 Å². The summed E-state index contributed by atoms with van der Waals surface area (Å²) >= 11 is 0. The lowest BCUT2D eigenvalue weighted by molar-refractivity contribution is -0.326. The van der Waals surface area contributed by atoms with Gasteiger partial charge in [0.25, 0.3) is 0 Å². The van der Waals surface area contributed by atoms with Crippen LogP contribution < -0.4 is 0 Å². The quantitative estimate of drug-likeness (QED) is 0.152. The van der Waals surface area contributed by atoms with Crippen molar-refractivity contribution in [2.75, 3.05) is 13.2 Å². The molecule has 5 atom stereocenters. The highest BCUT2D eigenvalue weighted by molar-refractivity contribution is 5.50. The molecule has 7 heteroatoms. The zero-order valence-corrected chi connectivity index (χ0v) is 24.1. The number of carbonyl (C=O) groups is 1. The summed E-state index contributed by atoms with van der Waals surface area (Å²) in [5, 5.41) is 0. The van der Waals surface area contributed by atoms with Gasteiger partial charge in [0.1, 0.15) is 37.3 Å². The molecule has 0 radical (unpaired) electrons. The van der Waals surface area contributed by atoms with Crippen LogP contribution in [0.3, 0.4) is 0 Å². The Morgan fingerprint density at radius 2 is 0.930 bits per heavy atom. The summed E-state index contributed by atoms with van der Waals surface area (Å²) in [5.41, 5.74) is 4.08. The van der Waals surface area contributed by atoms with E-state index in [4.69, 9.17) is 28.4 Å². The van der Waals surface area contributed by atoms with Crippen molar-refractivity contribution < 1.29 is 33.2 Å². The molecular formula is C36H38O7. The molecule has 0 aromatic heterocycles. The van der Waals surface area contributed by atoms with Crippen molar-refractivity contribution in [1.82, 2.24) is 0 Å². The summed E-state index contributed by atoms with van der Waals surface area (Å²) in [5.74, 6) is 0. The number of rotatable bonds is 16. The Morgan fingerprint density at radius 1 is 0.512 bits per heavy atom. The average molecular weight is 583 g/mol. The Hall–Kier alpha value is -3.69. The first kappa shape index (κ1) is 30.8. The van der Waals surface area contributed by atoms with Gasteiger partial charge < -0.3 is 33.2 Å². The van der Waals surface area contributed by atoms with Gasteiger partial charge in [0.05, 0.1) is 33.0 Å². The molecule has 1 aliphatic rings. The van der Waals surface area contributed by atoms with Crippen molar-refractivity contribution in [1.29, 1.82) is 0 Å². The van der Waals surface area contributed by atoms with Gasteiger partial charge in [-0.15, -0.1) is 0 Å². The monoisotopic (exact) mass is 582 g/mol. The first-order valence-corrected chi connectivity index (χ1v) is 14.6. The normalized spacial score (nSPS) is 21.8. The van der Waals surface area contributed by atoms with Crippen molar-refractivity contribution in [3.05, 3.63) is 144 Å². The molecular weight excluding hydrogens is 544 g/mol. The van der Waals surface area contributed by atoms with Crippen molar-refractivity contribution in [3.63, 3.8) is 0 Å². The molecule has 5 rings (SSSR count). The van der Waals surface area contributed by atoms with Gasteiger partial charge in [0.2, 0.25) is 0 Å². The van der Waals surface area contributed by atoms with Gasteiger partial charge in [0, 0.05) is 0 Å². The van der Waals surface area contributed by atoms with E-state index in [0.29, 0.717) is 32.7 Å². The number of aldehydes is 1. The summed E-state index contributed by atoms with van der Waals surface area (Å²) in [6.07, 6.45) is -2.57. The molecule has 43 heavy (non-hydrogen) atoms. The lowest BCUT2D eigenvalue weighted by Crippen LogP contribution is -2.61. The standard InChI is InChI=1S/C36H38O7/c37-21-22-39-36-35(42-26-31-19-11-4-12-20-31)34(41-25-30-17-9-3-10-18-30)33(40-24-29-15-7-2-8-16-29)32(43-36)27-38-23-28-13-5-1-6-14-28/h1-21,32-36H,22-27H2/t32-,33+,34+,35-,36-/m1/s1. The van der Waals surface area contributed by atoms with Gasteiger partial charge in [-0.2, -0.15) is 0 Å². The Bertz CT molecular complexity index is 1320. The molecule has 4 aromatic carbocycles. The Balaban J connectivity index is 1.41. The fourth-order valence-corrected chi connectivity index (χ4v) is 5.02. The van der Waals surface area contributed by atoms with E-state index in [2.05, 4.69) is 0 Å². The summed E-state index contributed by atoms with van der Waals surface area (Å²) < 4.78 is 38.2. The lowest BCUT2D eigenvalue weighted by Gasteiger charge is -2.45. The second-order valence-electron chi connectivity index (χ2n) is 10.3. The van der Waals surface area contributed by atoms with Gasteiger partial charge in [0.15, 0.2) is 6.29 Å². The molecule has 0 unspecified atom stereocenters. The zero-order valence-electron chi connectivity index (χ0n) is 24.1. The maximum absolute atomic E-state index is 11.4. The predicted molar refractivity (Wildman–Crippen MR) is 162 cm³/mol. The van der Waals surface area contributed by atoms with E-state index < -0.39 is 30.7 Å². The van der Waals surface area contributed by atoms with Crippen molar-refractivity contribution in [3.8, 4) is 0 Å². The number of ether oxygens (including phenoxy) is 6. The van der Waals surface area contributed by atoms with E-state index in [1.807, 2.05) is 121 Å². The fraction of sp³-hybridized carbons (Fsp3) is 0.306. The van der Waals surface area contributed by atoms with Crippen LogP contribution in [-0.2, 0) is 59.6 Å². The van der Waals surface area contributed by atoms with E-state index >= 15 is 0 Å². The van der Waals surface area contributed by atoms with E-state index in [9.17, 15) is 4.79 Å². The maximum atomic E-state index is 11.4. The van der Waals surface area contributed by atoms with Crippen LogP contribution in [0, 0.1) is 0 Å². The molecule has 1 fully saturated rings. The van der Waals surface area contributed by atoms with Crippen LogP contribution in [0.15, 0.2) is 121 Å². The van der Waals surface area contributed by atoms with Crippen LogP contribution in [0.1, 0.15) is 22.3 Å². The topological polar surface area (TPSA) is 72.5 Å². The molecule has 1 saturated heterocycles. The van der Waals surface area contributed by atoms with E-state index in [0.717, 1.165) is 22.3 Å². The molecule has 0 aliphatic carbocycles. The molecule has 0 bridgehead atoms. The first-order chi connectivity index (χ1) is 21.3. The number of hydrogen-bond donors (Lipinski definition) is 0. The van der Waals surface area contributed by atoms with E-state index in [1.165, 1.54) is 0 Å². The summed E-state index contributed by atoms with van der Waals surface area (Å²) in [6, 6.07) is 39.8. The third-order valence-corrected chi connectivity index (χ3v) is 7.17. The molecule has 1 aliphatic heterocycles. The van der Waals surface area contributed by atoms with Crippen molar-refractivity contribution >= 4 is 6.29 Å². The Kier molecular flexibility index (Phi) is 12.0. The molecule has 0 saturated carbocycles. The van der Waals surface area contributed by atoms with Gasteiger partial charge in [-0.1, -0.05) is 121 Å². The fourth-order valence-electron chi connectivity index (χ4n) is 5.02. The third-order valence-electron chi connectivity index (χ3n) is 7.17. The molecule has 0 spiro atoms. The largest absolute Gasteiger partial charge is 0.374 e. The summed E-state index contributed by atoms with van der Waals surface area (Å²) in [4.78, 5) is 11.4. The Labute approximate surface area is 253 Å². The minimum absolute atomic E-state index is 0.144. The minimum atomic E-state index is -0.878. The van der Waals surface area contributed by atoms with Gasteiger partial charge in [-0.3, -0.25) is 0 Å². The summed E-state index contributed by atoms with van der Waals surface area (Å²) in [6.45, 7) is 1.48.